The van der Waals surface area contributed by atoms with Crippen LogP contribution in [0, 0.1) is 0 Å². The van der Waals surface area contributed by atoms with Gasteiger partial charge in [0.2, 0.25) is 0 Å². The van der Waals surface area contributed by atoms with Gasteiger partial charge in [-0.05, 0) is 54.1 Å². The summed E-state index contributed by atoms with van der Waals surface area (Å²) in [6.45, 7) is 1.11. The fraction of sp³-hybridized carbons (Fsp3) is 0.214. The molecule has 1 N–H and O–H groups in total. The number of anilines is 2. The molecule has 3 aromatic carbocycles. The van der Waals surface area contributed by atoms with E-state index in [9.17, 15) is 27.9 Å². The second kappa shape index (κ2) is 9.44. The lowest BCUT2D eigenvalue weighted by atomic mass is 9.94. The summed E-state index contributed by atoms with van der Waals surface area (Å²) < 4.78 is 51.3. The van der Waals surface area contributed by atoms with Crippen LogP contribution in [-0.2, 0) is 15.8 Å². The molecule has 10 heteroatoms. The monoisotopic (exact) mass is 524 g/mol. The van der Waals surface area contributed by atoms with Crippen molar-refractivity contribution in [2.45, 2.75) is 12.2 Å². The standard InChI is InChI=1S/C28H23F3N2O5/c1-32-12-13-38-22-11-8-17(14-21(22)32)25(34)23-24(16-6-9-20(37-2)10-7-16)33(27(36)26(23)35)19-5-3-4-18(15-19)28(29,30)31/h3-11,14-15,24,34H,12-13H2,1-2H3/b25-23-. The van der Waals surface area contributed by atoms with E-state index in [1.54, 1.807) is 42.5 Å². The Morgan fingerprint density at radius 1 is 1.05 bits per heavy atom. The normalized spacial score (nSPS) is 18.8. The largest absolute Gasteiger partial charge is 0.507 e. The van der Waals surface area contributed by atoms with E-state index in [2.05, 4.69) is 0 Å². The molecule has 3 aromatic rings. The van der Waals surface area contributed by atoms with E-state index < -0.39 is 35.2 Å². The Hall–Kier alpha value is -4.47. The molecule has 38 heavy (non-hydrogen) atoms. The van der Waals surface area contributed by atoms with Gasteiger partial charge in [-0.2, -0.15) is 13.2 Å². The van der Waals surface area contributed by atoms with Crippen molar-refractivity contribution < 1.29 is 37.3 Å². The van der Waals surface area contributed by atoms with Gasteiger partial charge in [-0.1, -0.05) is 18.2 Å². The van der Waals surface area contributed by atoms with Crippen molar-refractivity contribution >= 4 is 28.8 Å². The van der Waals surface area contributed by atoms with E-state index in [1.807, 2.05) is 11.9 Å². The number of carbonyl (C=O) groups excluding carboxylic acids is 2. The molecule has 0 aliphatic carbocycles. The maximum Gasteiger partial charge on any atom is 0.416 e. The lowest BCUT2D eigenvalue weighted by Crippen LogP contribution is -2.29. The quantitative estimate of drug-likeness (QED) is 0.288. The van der Waals surface area contributed by atoms with Crippen LogP contribution in [0.3, 0.4) is 0 Å². The number of likely N-dealkylation sites (N-methyl/N-ethyl adjacent to an activating group) is 1. The predicted molar refractivity (Wildman–Crippen MR) is 134 cm³/mol. The Kier molecular flexibility index (Phi) is 6.26. The van der Waals surface area contributed by atoms with E-state index >= 15 is 0 Å². The van der Waals surface area contributed by atoms with Crippen LogP contribution in [-0.4, -0.2) is 44.1 Å². The molecule has 5 rings (SSSR count). The Balaban J connectivity index is 1.69. The number of nitrogens with zero attached hydrogens (tertiary/aromatic N) is 2. The Morgan fingerprint density at radius 3 is 2.47 bits per heavy atom. The summed E-state index contributed by atoms with van der Waals surface area (Å²) in [4.78, 5) is 29.6. The van der Waals surface area contributed by atoms with Gasteiger partial charge in [0.1, 0.15) is 23.9 Å². The van der Waals surface area contributed by atoms with Gasteiger partial charge in [-0.25, -0.2) is 0 Å². The second-order valence-corrected chi connectivity index (χ2v) is 8.94. The van der Waals surface area contributed by atoms with Crippen molar-refractivity contribution in [2.75, 3.05) is 37.1 Å². The molecular weight excluding hydrogens is 501 g/mol. The van der Waals surface area contributed by atoms with Crippen LogP contribution in [0.15, 0.2) is 72.3 Å². The molecule has 196 valence electrons. The zero-order valence-electron chi connectivity index (χ0n) is 20.5. The number of methoxy groups -OCH3 is 1. The van der Waals surface area contributed by atoms with Gasteiger partial charge in [0.15, 0.2) is 0 Å². The first-order valence-corrected chi connectivity index (χ1v) is 11.7. The number of ether oxygens (including phenoxy) is 2. The minimum absolute atomic E-state index is 0.125. The van der Waals surface area contributed by atoms with Crippen molar-refractivity contribution in [1.82, 2.24) is 0 Å². The molecule has 2 aliphatic rings. The summed E-state index contributed by atoms with van der Waals surface area (Å²) in [5, 5.41) is 11.4. The zero-order valence-corrected chi connectivity index (χ0v) is 20.5. The minimum atomic E-state index is -4.66. The Bertz CT molecular complexity index is 1450. The summed E-state index contributed by atoms with van der Waals surface area (Å²) in [5.41, 5.74) is 0.0258. The van der Waals surface area contributed by atoms with Gasteiger partial charge in [0.05, 0.1) is 36.5 Å². The first-order chi connectivity index (χ1) is 18.1. The molecule has 1 fully saturated rings. The molecule has 0 saturated carbocycles. The van der Waals surface area contributed by atoms with Crippen molar-refractivity contribution in [3.63, 3.8) is 0 Å². The molecule has 1 unspecified atom stereocenters. The molecular formula is C28H23F3N2O5. The number of halogens is 3. The van der Waals surface area contributed by atoms with Crippen molar-refractivity contribution in [2.24, 2.45) is 0 Å². The van der Waals surface area contributed by atoms with Crippen molar-refractivity contribution in [3.05, 3.63) is 89.0 Å². The van der Waals surface area contributed by atoms with Gasteiger partial charge in [0.25, 0.3) is 11.7 Å². The number of amides is 1. The summed E-state index contributed by atoms with van der Waals surface area (Å²) in [6.07, 6.45) is -4.66. The van der Waals surface area contributed by atoms with Crippen LogP contribution >= 0.6 is 0 Å². The third kappa shape index (κ3) is 4.31. The van der Waals surface area contributed by atoms with Gasteiger partial charge < -0.3 is 19.5 Å². The number of hydrogen-bond donors (Lipinski definition) is 1. The fourth-order valence-corrected chi connectivity index (χ4v) is 4.69. The average molecular weight is 524 g/mol. The zero-order chi connectivity index (χ0) is 27.2. The summed E-state index contributed by atoms with van der Waals surface area (Å²) in [5.74, 6) is -1.40. The SMILES string of the molecule is COc1ccc(C2/C(=C(/O)c3ccc4c(c3)N(C)CCO4)C(=O)C(=O)N2c2cccc(C(F)(F)F)c2)cc1. The van der Waals surface area contributed by atoms with Crippen LogP contribution < -0.4 is 19.3 Å². The third-order valence-electron chi connectivity index (χ3n) is 6.66. The van der Waals surface area contributed by atoms with Gasteiger partial charge in [-0.15, -0.1) is 0 Å². The number of carbonyl (C=O) groups is 2. The maximum atomic E-state index is 13.5. The van der Waals surface area contributed by atoms with Gasteiger partial charge in [0, 0.05) is 18.3 Å². The highest BCUT2D eigenvalue weighted by molar-refractivity contribution is 6.51. The number of rotatable bonds is 4. The van der Waals surface area contributed by atoms with Gasteiger partial charge >= 0.3 is 6.18 Å². The first kappa shape index (κ1) is 25.2. The van der Waals surface area contributed by atoms with Gasteiger partial charge in [-0.3, -0.25) is 14.5 Å². The Labute approximate surface area is 216 Å². The molecule has 1 amide bonds. The molecule has 1 atom stereocenters. The maximum absolute atomic E-state index is 13.5. The number of aliphatic hydroxyl groups excluding tert-OH is 1. The van der Waals surface area contributed by atoms with Crippen LogP contribution in [0.5, 0.6) is 11.5 Å². The lowest BCUT2D eigenvalue weighted by molar-refractivity contribution is -0.137. The molecule has 2 aliphatic heterocycles. The van der Waals surface area contributed by atoms with Crippen LogP contribution in [0.25, 0.3) is 5.76 Å². The van der Waals surface area contributed by atoms with E-state index in [4.69, 9.17) is 9.47 Å². The summed E-state index contributed by atoms with van der Waals surface area (Å²) >= 11 is 0. The van der Waals surface area contributed by atoms with Crippen molar-refractivity contribution in [3.8, 4) is 11.5 Å². The van der Waals surface area contributed by atoms with Crippen LogP contribution in [0.1, 0.15) is 22.7 Å². The second-order valence-electron chi connectivity index (χ2n) is 8.94. The van der Waals surface area contributed by atoms with Crippen LogP contribution in [0.4, 0.5) is 24.5 Å². The van der Waals surface area contributed by atoms with Crippen LogP contribution in [0.2, 0.25) is 0 Å². The topological polar surface area (TPSA) is 79.3 Å². The summed E-state index contributed by atoms with van der Waals surface area (Å²) in [6, 6.07) is 14.3. The number of fused-ring (bicyclic) bond motifs is 1. The number of benzene rings is 3. The average Bonchev–Trinajstić information content (AvgIpc) is 3.18. The number of aliphatic hydroxyl groups is 1. The highest BCUT2D eigenvalue weighted by Gasteiger charge is 2.47. The predicted octanol–water partition coefficient (Wildman–Crippen LogP) is 5.17. The third-order valence-corrected chi connectivity index (χ3v) is 6.66. The van der Waals surface area contributed by atoms with E-state index in [1.165, 1.54) is 19.2 Å². The number of ketones is 1. The molecule has 1 saturated heterocycles. The minimum Gasteiger partial charge on any atom is -0.507 e. The lowest BCUT2D eigenvalue weighted by Gasteiger charge is -2.28. The van der Waals surface area contributed by atoms with E-state index in [0.717, 1.165) is 17.0 Å². The van der Waals surface area contributed by atoms with E-state index in [-0.39, 0.29) is 16.8 Å². The molecule has 0 radical (unpaired) electrons. The molecule has 0 spiro atoms. The fourth-order valence-electron chi connectivity index (χ4n) is 4.69. The molecule has 0 aromatic heterocycles. The first-order valence-electron chi connectivity index (χ1n) is 11.7. The highest BCUT2D eigenvalue weighted by atomic mass is 19.4. The Morgan fingerprint density at radius 2 is 1.79 bits per heavy atom. The number of hydrogen-bond acceptors (Lipinski definition) is 6. The molecule has 2 heterocycles. The molecule has 0 bridgehead atoms. The summed E-state index contributed by atoms with van der Waals surface area (Å²) in [7, 11) is 3.33. The molecule has 7 nitrogen and oxygen atoms in total. The number of alkyl halides is 3. The van der Waals surface area contributed by atoms with E-state index in [0.29, 0.717) is 35.9 Å². The van der Waals surface area contributed by atoms with Crippen molar-refractivity contribution in [1.29, 1.82) is 0 Å². The smallest absolute Gasteiger partial charge is 0.416 e. The highest BCUT2D eigenvalue weighted by Crippen LogP contribution is 2.44. The number of Topliss-reactive ketones (excluding diaryl/α,β-unsaturated/α-hetero) is 1.